The van der Waals surface area contributed by atoms with Gasteiger partial charge in [0.05, 0.1) is 6.61 Å². The van der Waals surface area contributed by atoms with E-state index in [1.54, 1.807) is 11.8 Å². The minimum absolute atomic E-state index is 0.0181. The number of nitrogens with zero attached hydrogens (tertiary/aromatic N) is 2. The summed E-state index contributed by atoms with van der Waals surface area (Å²) in [6.45, 7) is 6.42. The molecule has 0 unspecified atom stereocenters. The fraction of sp³-hybridized carbons (Fsp3) is 0.500. The number of amides is 2. The third-order valence-corrected chi connectivity index (χ3v) is 4.23. The number of carbonyl (C=O) groups is 2. The summed E-state index contributed by atoms with van der Waals surface area (Å²) in [6.07, 6.45) is 0.466. The van der Waals surface area contributed by atoms with E-state index in [0.717, 1.165) is 16.5 Å². The van der Waals surface area contributed by atoms with E-state index in [0.29, 0.717) is 38.3 Å². The van der Waals surface area contributed by atoms with E-state index < -0.39 is 0 Å². The molecule has 0 radical (unpaired) electrons. The van der Waals surface area contributed by atoms with Crippen molar-refractivity contribution in [2.45, 2.75) is 20.3 Å². The van der Waals surface area contributed by atoms with Gasteiger partial charge in [-0.25, -0.2) is 4.79 Å². The third kappa shape index (κ3) is 4.00. The van der Waals surface area contributed by atoms with Crippen molar-refractivity contribution in [1.29, 1.82) is 0 Å². The highest BCUT2D eigenvalue weighted by atomic mass is 79.9. The highest BCUT2D eigenvalue weighted by Gasteiger charge is 2.24. The predicted molar refractivity (Wildman–Crippen MR) is 88.0 cm³/mol. The minimum Gasteiger partial charge on any atom is -0.450 e. The summed E-state index contributed by atoms with van der Waals surface area (Å²) in [7, 11) is 0. The first kappa shape index (κ1) is 16.8. The second-order valence-corrected chi connectivity index (χ2v) is 6.21. The molecule has 5 nitrogen and oxygen atoms in total. The van der Waals surface area contributed by atoms with Crippen molar-refractivity contribution in [3.8, 4) is 0 Å². The number of hydrogen-bond donors (Lipinski definition) is 0. The number of hydrogen-bond acceptors (Lipinski definition) is 3. The van der Waals surface area contributed by atoms with E-state index in [1.165, 1.54) is 0 Å². The molecule has 0 N–H and O–H groups in total. The van der Waals surface area contributed by atoms with Crippen LogP contribution in [0.25, 0.3) is 0 Å². The molecule has 0 saturated carbocycles. The average Bonchev–Trinajstić information content (AvgIpc) is 2.75. The van der Waals surface area contributed by atoms with Gasteiger partial charge in [0.2, 0.25) is 0 Å². The summed E-state index contributed by atoms with van der Waals surface area (Å²) in [5, 5.41) is 0. The van der Waals surface area contributed by atoms with Crippen molar-refractivity contribution in [3.63, 3.8) is 0 Å². The van der Waals surface area contributed by atoms with Gasteiger partial charge in [0.15, 0.2) is 0 Å². The largest absolute Gasteiger partial charge is 0.450 e. The summed E-state index contributed by atoms with van der Waals surface area (Å²) in [5.74, 6) is 0.0181. The lowest BCUT2D eigenvalue weighted by molar-refractivity contribution is 0.0752. The zero-order valence-corrected chi connectivity index (χ0v) is 14.6. The molecular weight excluding hydrogens is 348 g/mol. The monoisotopic (exact) mass is 368 g/mol. The normalized spacial score (nSPS) is 15.4. The number of rotatable bonds is 2. The quantitative estimate of drug-likeness (QED) is 0.805. The molecule has 6 heteroatoms. The SMILES string of the molecule is CCOC(=O)N1CCCN(C(=O)c2cc(Br)ccc2C)CC1. The molecule has 1 aromatic carbocycles. The summed E-state index contributed by atoms with van der Waals surface area (Å²) >= 11 is 3.41. The van der Waals surface area contributed by atoms with E-state index in [4.69, 9.17) is 4.74 Å². The smallest absolute Gasteiger partial charge is 0.409 e. The van der Waals surface area contributed by atoms with Gasteiger partial charge in [-0.05, 0) is 38.0 Å². The van der Waals surface area contributed by atoms with Crippen molar-refractivity contribution in [1.82, 2.24) is 9.80 Å². The van der Waals surface area contributed by atoms with Gasteiger partial charge in [0, 0.05) is 36.2 Å². The maximum absolute atomic E-state index is 12.7. The molecule has 1 saturated heterocycles. The van der Waals surface area contributed by atoms with Gasteiger partial charge in [0.25, 0.3) is 5.91 Å². The molecule has 22 heavy (non-hydrogen) atoms. The van der Waals surface area contributed by atoms with Crippen molar-refractivity contribution < 1.29 is 14.3 Å². The van der Waals surface area contributed by atoms with Crippen LogP contribution >= 0.6 is 15.9 Å². The molecule has 0 atom stereocenters. The lowest BCUT2D eigenvalue weighted by atomic mass is 10.1. The van der Waals surface area contributed by atoms with Gasteiger partial charge in [-0.15, -0.1) is 0 Å². The summed E-state index contributed by atoms with van der Waals surface area (Å²) < 4.78 is 5.92. The molecule has 2 rings (SSSR count). The Morgan fingerprint density at radius 1 is 1.18 bits per heavy atom. The molecule has 0 aliphatic carbocycles. The standard InChI is InChI=1S/C16H21BrN2O3/c1-3-22-16(21)19-8-4-7-18(9-10-19)15(20)14-11-13(17)6-5-12(14)2/h5-6,11H,3-4,7-10H2,1-2H3. The Labute approximate surface area is 139 Å². The first-order chi connectivity index (χ1) is 10.5. The summed E-state index contributed by atoms with van der Waals surface area (Å²) in [4.78, 5) is 28.0. The van der Waals surface area contributed by atoms with Crippen LogP contribution in [0.3, 0.4) is 0 Å². The van der Waals surface area contributed by atoms with Gasteiger partial charge in [0.1, 0.15) is 0 Å². The molecule has 0 aromatic heterocycles. The number of ether oxygens (including phenoxy) is 1. The van der Waals surface area contributed by atoms with Crippen LogP contribution in [0.4, 0.5) is 4.79 Å². The lowest BCUT2D eigenvalue weighted by Gasteiger charge is -2.22. The van der Waals surface area contributed by atoms with Crippen LogP contribution in [0.1, 0.15) is 29.3 Å². The maximum atomic E-state index is 12.7. The summed E-state index contributed by atoms with van der Waals surface area (Å²) in [5.41, 5.74) is 1.67. The van der Waals surface area contributed by atoms with Crippen LogP contribution in [0.5, 0.6) is 0 Å². The molecule has 2 amide bonds. The summed E-state index contributed by atoms with van der Waals surface area (Å²) in [6, 6.07) is 5.71. The van der Waals surface area contributed by atoms with Crippen LogP contribution in [-0.2, 0) is 4.74 Å². The average molecular weight is 369 g/mol. The molecule has 1 aliphatic rings. The Kier molecular flexibility index (Phi) is 5.83. The van der Waals surface area contributed by atoms with E-state index in [-0.39, 0.29) is 12.0 Å². The minimum atomic E-state index is -0.296. The fourth-order valence-corrected chi connectivity index (χ4v) is 2.87. The van der Waals surface area contributed by atoms with Crippen molar-refractivity contribution in [3.05, 3.63) is 33.8 Å². The number of carbonyl (C=O) groups excluding carboxylic acids is 2. The number of aryl methyl sites for hydroxylation is 1. The van der Waals surface area contributed by atoms with E-state index in [2.05, 4.69) is 15.9 Å². The van der Waals surface area contributed by atoms with Crippen molar-refractivity contribution in [2.24, 2.45) is 0 Å². The van der Waals surface area contributed by atoms with Gasteiger partial charge >= 0.3 is 6.09 Å². The molecule has 1 aliphatic heterocycles. The molecule has 1 aromatic rings. The molecule has 0 spiro atoms. The Balaban J connectivity index is 2.06. The lowest BCUT2D eigenvalue weighted by Crippen LogP contribution is -2.37. The highest BCUT2D eigenvalue weighted by molar-refractivity contribution is 9.10. The second-order valence-electron chi connectivity index (χ2n) is 5.29. The van der Waals surface area contributed by atoms with Crippen LogP contribution in [0.2, 0.25) is 0 Å². The van der Waals surface area contributed by atoms with Crippen LogP contribution in [0, 0.1) is 6.92 Å². The van der Waals surface area contributed by atoms with Gasteiger partial charge in [-0.1, -0.05) is 22.0 Å². The Bertz CT molecular complexity index is 562. The predicted octanol–water partition coefficient (Wildman–Crippen LogP) is 3.06. The van der Waals surface area contributed by atoms with Gasteiger partial charge < -0.3 is 14.5 Å². The number of halogens is 1. The third-order valence-electron chi connectivity index (χ3n) is 3.74. The van der Waals surface area contributed by atoms with Gasteiger partial charge in [-0.3, -0.25) is 4.79 Å². The van der Waals surface area contributed by atoms with Crippen LogP contribution < -0.4 is 0 Å². The first-order valence-electron chi connectivity index (χ1n) is 7.50. The maximum Gasteiger partial charge on any atom is 0.409 e. The van der Waals surface area contributed by atoms with Gasteiger partial charge in [-0.2, -0.15) is 0 Å². The zero-order chi connectivity index (χ0) is 16.1. The van der Waals surface area contributed by atoms with Crippen molar-refractivity contribution in [2.75, 3.05) is 32.8 Å². The van der Waals surface area contributed by atoms with E-state index >= 15 is 0 Å². The van der Waals surface area contributed by atoms with Crippen LogP contribution in [-0.4, -0.2) is 54.6 Å². The van der Waals surface area contributed by atoms with E-state index in [9.17, 15) is 9.59 Å². The Morgan fingerprint density at radius 3 is 2.59 bits per heavy atom. The van der Waals surface area contributed by atoms with E-state index in [1.807, 2.05) is 30.0 Å². The first-order valence-corrected chi connectivity index (χ1v) is 8.29. The highest BCUT2D eigenvalue weighted by Crippen LogP contribution is 2.18. The number of benzene rings is 1. The molecule has 120 valence electrons. The second kappa shape index (κ2) is 7.63. The Hall–Kier alpha value is -1.56. The molecule has 0 bridgehead atoms. The van der Waals surface area contributed by atoms with Crippen LogP contribution in [0.15, 0.2) is 22.7 Å². The molecular formula is C16H21BrN2O3. The Morgan fingerprint density at radius 2 is 1.86 bits per heavy atom. The fourth-order valence-electron chi connectivity index (χ4n) is 2.51. The molecule has 1 heterocycles. The topological polar surface area (TPSA) is 49.9 Å². The molecule has 1 fully saturated rings. The zero-order valence-electron chi connectivity index (χ0n) is 13.0. The van der Waals surface area contributed by atoms with Crippen molar-refractivity contribution >= 4 is 27.9 Å².